The van der Waals surface area contributed by atoms with Crippen LogP contribution >= 0.6 is 0 Å². The highest BCUT2D eigenvalue weighted by Crippen LogP contribution is 2.34. The van der Waals surface area contributed by atoms with Crippen molar-refractivity contribution >= 4 is 5.82 Å². The van der Waals surface area contributed by atoms with Gasteiger partial charge in [-0.3, -0.25) is 5.10 Å². The van der Waals surface area contributed by atoms with Crippen LogP contribution in [0.5, 0.6) is 11.5 Å². The van der Waals surface area contributed by atoms with E-state index in [0.717, 1.165) is 0 Å². The van der Waals surface area contributed by atoms with E-state index in [1.807, 2.05) is 0 Å². The molecule has 17 heavy (non-hydrogen) atoms. The van der Waals surface area contributed by atoms with Crippen LogP contribution in [0.15, 0.2) is 18.2 Å². The zero-order valence-corrected chi connectivity index (χ0v) is 9.45. The number of aromatic amines is 1. The fraction of sp³-hybridized carbons (Fsp3) is 0.182. The number of benzene rings is 1. The van der Waals surface area contributed by atoms with Crippen LogP contribution in [0.2, 0.25) is 0 Å². The maximum absolute atomic E-state index is 13.7. The lowest BCUT2D eigenvalue weighted by atomic mass is 10.1. The number of H-pyrrole nitrogens is 1. The number of methoxy groups -OCH3 is 2. The molecule has 5 nitrogen and oxygen atoms in total. The minimum atomic E-state index is -0.505. The van der Waals surface area contributed by atoms with Crippen LogP contribution in [0.3, 0.4) is 0 Å². The highest BCUT2D eigenvalue weighted by atomic mass is 19.1. The number of halogens is 1. The van der Waals surface area contributed by atoms with Crippen molar-refractivity contribution in [3.05, 3.63) is 24.0 Å². The quantitative estimate of drug-likeness (QED) is 0.853. The summed E-state index contributed by atoms with van der Waals surface area (Å²) in [6.45, 7) is 0. The molecule has 0 bridgehead atoms. The van der Waals surface area contributed by atoms with Crippen LogP contribution in [0.25, 0.3) is 11.3 Å². The molecule has 0 aliphatic heterocycles. The Labute approximate surface area is 97.3 Å². The van der Waals surface area contributed by atoms with E-state index in [4.69, 9.17) is 15.2 Å². The van der Waals surface area contributed by atoms with Gasteiger partial charge in [0.05, 0.1) is 19.9 Å². The van der Waals surface area contributed by atoms with Crippen molar-refractivity contribution in [3.8, 4) is 22.8 Å². The van der Waals surface area contributed by atoms with Gasteiger partial charge in [-0.15, -0.1) is 0 Å². The topological polar surface area (TPSA) is 73.2 Å². The third kappa shape index (κ3) is 2.01. The molecular weight excluding hydrogens is 225 g/mol. The molecule has 90 valence electrons. The van der Waals surface area contributed by atoms with Gasteiger partial charge >= 0.3 is 0 Å². The number of rotatable bonds is 3. The van der Waals surface area contributed by atoms with Crippen LogP contribution in [0.4, 0.5) is 10.2 Å². The Morgan fingerprint density at radius 3 is 2.53 bits per heavy atom. The molecule has 0 radical (unpaired) electrons. The maximum atomic E-state index is 13.7. The first-order chi connectivity index (χ1) is 8.15. The molecule has 0 atom stereocenters. The number of nitrogens with two attached hydrogens (primary N) is 1. The Morgan fingerprint density at radius 1 is 1.24 bits per heavy atom. The molecule has 2 rings (SSSR count). The zero-order chi connectivity index (χ0) is 12.4. The summed E-state index contributed by atoms with van der Waals surface area (Å²) in [7, 11) is 2.83. The minimum absolute atomic E-state index is 0.0729. The Hall–Kier alpha value is -2.24. The molecule has 1 aromatic heterocycles. The summed E-state index contributed by atoms with van der Waals surface area (Å²) in [4.78, 5) is 0. The first-order valence-electron chi connectivity index (χ1n) is 4.88. The van der Waals surface area contributed by atoms with Gasteiger partial charge in [0.1, 0.15) is 5.82 Å². The second kappa shape index (κ2) is 4.32. The summed E-state index contributed by atoms with van der Waals surface area (Å²) in [5, 5.41) is 6.48. The fourth-order valence-electron chi connectivity index (χ4n) is 1.56. The van der Waals surface area contributed by atoms with Crippen molar-refractivity contribution in [2.75, 3.05) is 20.0 Å². The summed E-state index contributed by atoms with van der Waals surface area (Å²) in [6.07, 6.45) is 0. The van der Waals surface area contributed by atoms with Gasteiger partial charge in [-0.2, -0.15) is 5.10 Å². The summed E-state index contributed by atoms with van der Waals surface area (Å²) >= 11 is 0. The summed E-state index contributed by atoms with van der Waals surface area (Å²) in [5.74, 6) is 0.227. The van der Waals surface area contributed by atoms with E-state index in [1.165, 1.54) is 20.3 Å². The number of hydrogen-bond donors (Lipinski definition) is 2. The zero-order valence-electron chi connectivity index (χ0n) is 9.45. The first-order valence-corrected chi connectivity index (χ1v) is 4.88. The molecule has 0 saturated heterocycles. The SMILES string of the molecule is COc1cc(-c2cc(N)n[nH]2)cc(F)c1OC. The number of ether oxygens (including phenoxy) is 2. The minimum Gasteiger partial charge on any atom is -0.493 e. The predicted molar refractivity (Wildman–Crippen MR) is 61.5 cm³/mol. The van der Waals surface area contributed by atoms with E-state index in [-0.39, 0.29) is 5.75 Å². The van der Waals surface area contributed by atoms with Crippen LogP contribution in [0.1, 0.15) is 0 Å². The van der Waals surface area contributed by atoms with Crippen molar-refractivity contribution in [2.24, 2.45) is 0 Å². The number of hydrogen-bond acceptors (Lipinski definition) is 4. The van der Waals surface area contributed by atoms with E-state index >= 15 is 0 Å². The average Bonchev–Trinajstić information content (AvgIpc) is 2.74. The van der Waals surface area contributed by atoms with Crippen molar-refractivity contribution in [2.45, 2.75) is 0 Å². The first kappa shape index (κ1) is 11.3. The highest BCUT2D eigenvalue weighted by Gasteiger charge is 2.14. The summed E-state index contributed by atoms with van der Waals surface area (Å²) in [6, 6.07) is 4.59. The van der Waals surface area contributed by atoms with E-state index in [9.17, 15) is 4.39 Å². The largest absolute Gasteiger partial charge is 0.493 e. The normalized spacial score (nSPS) is 10.3. The standard InChI is InChI=1S/C11H12FN3O2/c1-16-9-4-6(3-7(12)11(9)17-2)8-5-10(13)15-14-8/h3-5H,1-2H3,(H3,13,14,15). The lowest BCUT2D eigenvalue weighted by Gasteiger charge is -2.09. The Bertz CT molecular complexity index is 540. The molecule has 0 amide bonds. The smallest absolute Gasteiger partial charge is 0.196 e. The molecule has 1 heterocycles. The van der Waals surface area contributed by atoms with Crippen LogP contribution in [0, 0.1) is 5.82 Å². The Kier molecular flexibility index (Phi) is 2.86. The molecule has 0 aliphatic carbocycles. The van der Waals surface area contributed by atoms with Gasteiger partial charge in [0.2, 0.25) is 0 Å². The van der Waals surface area contributed by atoms with E-state index in [1.54, 1.807) is 12.1 Å². The van der Waals surface area contributed by atoms with Gasteiger partial charge < -0.3 is 15.2 Å². The Balaban J connectivity index is 2.53. The lowest BCUT2D eigenvalue weighted by Crippen LogP contribution is -1.95. The highest BCUT2D eigenvalue weighted by molar-refractivity contribution is 5.66. The molecule has 0 spiro atoms. The maximum Gasteiger partial charge on any atom is 0.196 e. The van der Waals surface area contributed by atoms with Gasteiger partial charge in [-0.25, -0.2) is 4.39 Å². The van der Waals surface area contributed by atoms with Gasteiger partial charge in [0.15, 0.2) is 17.3 Å². The summed E-state index contributed by atoms with van der Waals surface area (Å²) in [5.41, 5.74) is 6.69. The average molecular weight is 237 g/mol. The number of nitrogens with zero attached hydrogens (tertiary/aromatic N) is 1. The second-order valence-corrected chi connectivity index (χ2v) is 3.40. The van der Waals surface area contributed by atoms with Crippen LogP contribution in [-0.2, 0) is 0 Å². The third-order valence-electron chi connectivity index (χ3n) is 2.34. The van der Waals surface area contributed by atoms with Crippen molar-refractivity contribution in [1.82, 2.24) is 10.2 Å². The molecule has 6 heteroatoms. The molecule has 0 unspecified atom stereocenters. The van der Waals surface area contributed by atoms with E-state index < -0.39 is 5.82 Å². The van der Waals surface area contributed by atoms with Gasteiger partial charge in [-0.1, -0.05) is 0 Å². The second-order valence-electron chi connectivity index (χ2n) is 3.40. The predicted octanol–water partition coefficient (Wildman–Crippen LogP) is 1.82. The summed E-state index contributed by atoms with van der Waals surface area (Å²) < 4.78 is 23.7. The Morgan fingerprint density at radius 2 is 2.00 bits per heavy atom. The molecule has 0 fully saturated rings. The lowest BCUT2D eigenvalue weighted by molar-refractivity contribution is 0.338. The monoisotopic (exact) mass is 237 g/mol. The molecule has 0 aliphatic rings. The molecule has 2 aromatic rings. The van der Waals surface area contributed by atoms with E-state index in [0.29, 0.717) is 22.8 Å². The molecule has 0 saturated carbocycles. The fourth-order valence-corrected chi connectivity index (χ4v) is 1.56. The molecule has 1 aromatic carbocycles. The molecular formula is C11H12FN3O2. The number of aromatic nitrogens is 2. The van der Waals surface area contributed by atoms with Crippen molar-refractivity contribution in [3.63, 3.8) is 0 Å². The third-order valence-corrected chi connectivity index (χ3v) is 2.34. The van der Waals surface area contributed by atoms with Gasteiger partial charge in [0.25, 0.3) is 0 Å². The number of nitrogens with one attached hydrogen (secondary N) is 1. The van der Waals surface area contributed by atoms with Crippen LogP contribution < -0.4 is 15.2 Å². The number of anilines is 1. The number of nitrogen functional groups attached to an aromatic ring is 1. The van der Waals surface area contributed by atoms with Crippen molar-refractivity contribution < 1.29 is 13.9 Å². The van der Waals surface area contributed by atoms with Crippen molar-refractivity contribution in [1.29, 1.82) is 0 Å². The van der Waals surface area contributed by atoms with Crippen LogP contribution in [-0.4, -0.2) is 24.4 Å². The molecule has 3 N–H and O–H groups in total. The van der Waals surface area contributed by atoms with E-state index in [2.05, 4.69) is 10.2 Å². The van der Waals surface area contributed by atoms with Gasteiger partial charge in [-0.05, 0) is 12.1 Å². The van der Waals surface area contributed by atoms with Gasteiger partial charge in [0, 0.05) is 11.6 Å².